The second-order valence-electron chi connectivity index (χ2n) is 7.86. The third kappa shape index (κ3) is 3.89. The average Bonchev–Trinajstić information content (AvgIpc) is 3.26. The number of nitrogens with two attached hydrogens (primary N) is 2. The molecule has 2 aromatic heterocycles. The van der Waals surface area contributed by atoms with E-state index >= 15 is 0 Å². The largest absolute Gasteiger partial charge is 0.364 e. The van der Waals surface area contributed by atoms with Crippen LogP contribution in [-0.4, -0.2) is 15.5 Å². The van der Waals surface area contributed by atoms with E-state index in [1.165, 1.54) is 11.3 Å². The number of carbonyl (C=O) groups is 1. The van der Waals surface area contributed by atoms with E-state index in [4.69, 9.17) is 11.5 Å². The van der Waals surface area contributed by atoms with Gasteiger partial charge in [-0.2, -0.15) is 0 Å². The lowest BCUT2D eigenvalue weighted by Gasteiger charge is -2.21. The number of primary amides is 1. The molecule has 2 aromatic carbocycles. The molecule has 0 bridgehead atoms. The molecule has 31 heavy (non-hydrogen) atoms. The molecule has 0 spiro atoms. The molecular weight excluding hydrogens is 408 g/mol. The van der Waals surface area contributed by atoms with Crippen LogP contribution in [0.1, 0.15) is 30.0 Å². The summed E-state index contributed by atoms with van der Waals surface area (Å²) in [4.78, 5) is 29.2. The summed E-state index contributed by atoms with van der Waals surface area (Å²) >= 11 is 1.35. The molecule has 0 radical (unpaired) electrons. The first kappa shape index (κ1) is 21.0. The molecule has 0 aliphatic rings. The van der Waals surface area contributed by atoms with Crippen molar-refractivity contribution in [3.63, 3.8) is 0 Å². The molecule has 4 aromatic rings. The van der Waals surface area contributed by atoms with Gasteiger partial charge in [-0.3, -0.25) is 9.59 Å². The van der Waals surface area contributed by atoms with Crippen molar-refractivity contribution in [2.75, 3.05) is 0 Å². The summed E-state index contributed by atoms with van der Waals surface area (Å²) in [5.74, 6) is -0.263. The number of rotatable bonds is 6. The van der Waals surface area contributed by atoms with Gasteiger partial charge < -0.3 is 16.0 Å². The zero-order valence-corrected chi connectivity index (χ0v) is 18.3. The fraction of sp³-hybridized carbons (Fsp3) is 0.208. The highest BCUT2D eigenvalue weighted by Gasteiger charge is 2.19. The van der Waals surface area contributed by atoms with Gasteiger partial charge >= 0.3 is 0 Å². The van der Waals surface area contributed by atoms with Gasteiger partial charge in [0.1, 0.15) is 10.7 Å². The average molecular weight is 433 g/mol. The fourth-order valence-corrected chi connectivity index (χ4v) is 4.65. The third-order valence-electron chi connectivity index (χ3n) is 5.19. The van der Waals surface area contributed by atoms with Gasteiger partial charge in [0, 0.05) is 40.7 Å². The molecule has 0 unspecified atom stereocenters. The number of fused-ring (bicyclic) bond motifs is 1. The Labute approximate surface area is 184 Å². The van der Waals surface area contributed by atoms with Crippen molar-refractivity contribution in [3.05, 3.63) is 75.7 Å². The zero-order chi connectivity index (χ0) is 22.1. The lowest BCUT2D eigenvalue weighted by Crippen LogP contribution is -2.28. The molecule has 0 aliphatic heterocycles. The molecule has 0 saturated carbocycles. The van der Waals surface area contributed by atoms with Crippen LogP contribution in [0.5, 0.6) is 0 Å². The first-order valence-corrected chi connectivity index (χ1v) is 11.0. The number of amides is 1. The maximum absolute atomic E-state index is 13.4. The van der Waals surface area contributed by atoms with Crippen LogP contribution in [0.3, 0.4) is 0 Å². The minimum absolute atomic E-state index is 0.0488. The predicted octanol–water partition coefficient (Wildman–Crippen LogP) is 4.01. The maximum atomic E-state index is 13.4. The van der Waals surface area contributed by atoms with E-state index in [2.05, 4.69) is 18.8 Å². The maximum Gasteiger partial charge on any atom is 0.268 e. The van der Waals surface area contributed by atoms with Crippen molar-refractivity contribution < 1.29 is 4.79 Å². The number of benzene rings is 2. The number of aromatic nitrogens is 2. The molecule has 0 atom stereocenters. The minimum atomic E-state index is -0.560. The quantitative estimate of drug-likeness (QED) is 0.480. The summed E-state index contributed by atoms with van der Waals surface area (Å²) in [7, 11) is 0. The summed E-state index contributed by atoms with van der Waals surface area (Å²) in [5.41, 5.74) is 15.3. The van der Waals surface area contributed by atoms with Crippen LogP contribution in [0.2, 0.25) is 0 Å². The van der Waals surface area contributed by atoms with E-state index in [0.717, 1.165) is 27.8 Å². The van der Waals surface area contributed by atoms with Gasteiger partial charge in [-0.1, -0.05) is 50.2 Å². The Bertz CT molecular complexity index is 1320. The molecule has 0 fully saturated rings. The Morgan fingerprint density at radius 2 is 1.84 bits per heavy atom. The zero-order valence-electron chi connectivity index (χ0n) is 17.5. The minimum Gasteiger partial charge on any atom is -0.364 e. The van der Waals surface area contributed by atoms with Crippen LogP contribution < -0.4 is 17.0 Å². The van der Waals surface area contributed by atoms with Crippen LogP contribution in [0, 0.1) is 5.92 Å². The van der Waals surface area contributed by atoms with E-state index in [0.29, 0.717) is 22.9 Å². The second-order valence-corrected chi connectivity index (χ2v) is 8.72. The highest BCUT2D eigenvalue weighted by atomic mass is 32.1. The standard InChI is InChI=1S/C24H24N4O2S/c1-14(2)12-28-20(11-25)21(15-6-4-3-5-7-15)18-10-16(8-9-17(18)24(28)30)23-27-19(13-31-23)22(26)29/h3-10,13-14H,11-12,25H2,1-2H3,(H2,26,29). The summed E-state index contributed by atoms with van der Waals surface area (Å²) in [6.07, 6.45) is 0. The summed E-state index contributed by atoms with van der Waals surface area (Å²) in [5, 5.41) is 3.78. The summed E-state index contributed by atoms with van der Waals surface area (Å²) in [6, 6.07) is 15.6. The topological polar surface area (TPSA) is 104 Å². The normalized spacial score (nSPS) is 11.4. The Balaban J connectivity index is 2.05. The van der Waals surface area contributed by atoms with E-state index in [1.54, 1.807) is 5.38 Å². The van der Waals surface area contributed by atoms with Crippen molar-refractivity contribution in [1.82, 2.24) is 9.55 Å². The van der Waals surface area contributed by atoms with E-state index in [1.807, 2.05) is 53.1 Å². The van der Waals surface area contributed by atoms with Crippen LogP contribution in [-0.2, 0) is 13.1 Å². The molecular formula is C24H24N4O2S. The molecule has 4 N–H and O–H groups in total. The van der Waals surface area contributed by atoms with Crippen LogP contribution in [0.15, 0.2) is 58.7 Å². The molecule has 0 saturated heterocycles. The number of pyridine rings is 1. The van der Waals surface area contributed by atoms with Crippen LogP contribution >= 0.6 is 11.3 Å². The highest BCUT2D eigenvalue weighted by Crippen LogP contribution is 2.34. The van der Waals surface area contributed by atoms with Gasteiger partial charge in [-0.05, 0) is 29.0 Å². The third-order valence-corrected chi connectivity index (χ3v) is 6.08. The number of carbonyl (C=O) groups excluding carboxylic acids is 1. The Kier molecular flexibility index (Phi) is 5.71. The number of thiazole rings is 1. The van der Waals surface area contributed by atoms with Gasteiger partial charge in [-0.15, -0.1) is 11.3 Å². The lowest BCUT2D eigenvalue weighted by molar-refractivity contribution is 0.0996. The van der Waals surface area contributed by atoms with E-state index < -0.39 is 5.91 Å². The Morgan fingerprint density at radius 1 is 1.10 bits per heavy atom. The number of hydrogen-bond acceptors (Lipinski definition) is 5. The highest BCUT2D eigenvalue weighted by molar-refractivity contribution is 7.13. The van der Waals surface area contributed by atoms with Gasteiger partial charge in [0.05, 0.1) is 0 Å². The molecule has 1 amide bonds. The Morgan fingerprint density at radius 3 is 2.45 bits per heavy atom. The monoisotopic (exact) mass is 432 g/mol. The molecule has 0 aliphatic carbocycles. The molecule has 158 valence electrons. The smallest absolute Gasteiger partial charge is 0.268 e. The van der Waals surface area contributed by atoms with E-state index in [9.17, 15) is 9.59 Å². The van der Waals surface area contributed by atoms with Crippen LogP contribution in [0.4, 0.5) is 0 Å². The van der Waals surface area contributed by atoms with Crippen molar-refractivity contribution in [1.29, 1.82) is 0 Å². The predicted molar refractivity (Wildman–Crippen MR) is 126 cm³/mol. The van der Waals surface area contributed by atoms with Crippen molar-refractivity contribution in [2.45, 2.75) is 26.9 Å². The number of nitrogens with zero attached hydrogens (tertiary/aromatic N) is 2. The summed E-state index contributed by atoms with van der Waals surface area (Å²) < 4.78 is 1.81. The summed E-state index contributed by atoms with van der Waals surface area (Å²) in [6.45, 7) is 5.01. The van der Waals surface area contributed by atoms with Crippen molar-refractivity contribution >= 4 is 28.0 Å². The molecule has 7 heteroatoms. The van der Waals surface area contributed by atoms with Gasteiger partial charge in [0.25, 0.3) is 11.5 Å². The molecule has 4 rings (SSSR count). The SMILES string of the molecule is CC(C)Cn1c(CN)c(-c2ccccc2)c2cc(-c3nc(C(N)=O)cs3)ccc2c1=O. The second kappa shape index (κ2) is 8.45. The van der Waals surface area contributed by atoms with Crippen molar-refractivity contribution in [3.8, 4) is 21.7 Å². The van der Waals surface area contributed by atoms with E-state index in [-0.39, 0.29) is 17.8 Å². The fourth-order valence-electron chi connectivity index (χ4n) is 3.85. The number of hydrogen-bond donors (Lipinski definition) is 2. The lowest BCUT2D eigenvalue weighted by atomic mass is 9.95. The Hall–Kier alpha value is -3.29. The van der Waals surface area contributed by atoms with Crippen molar-refractivity contribution in [2.24, 2.45) is 17.4 Å². The van der Waals surface area contributed by atoms with Crippen LogP contribution in [0.25, 0.3) is 32.5 Å². The molecule has 2 heterocycles. The van der Waals surface area contributed by atoms with Gasteiger partial charge in [0.15, 0.2) is 0 Å². The first-order valence-electron chi connectivity index (χ1n) is 10.1. The molecule has 6 nitrogen and oxygen atoms in total. The first-order chi connectivity index (χ1) is 14.9. The van der Waals surface area contributed by atoms with Gasteiger partial charge in [0.2, 0.25) is 0 Å². The van der Waals surface area contributed by atoms with Gasteiger partial charge in [-0.25, -0.2) is 4.98 Å².